The van der Waals surface area contributed by atoms with E-state index in [-0.39, 0.29) is 5.84 Å². The van der Waals surface area contributed by atoms with Gasteiger partial charge in [0.2, 0.25) is 0 Å². The van der Waals surface area contributed by atoms with Crippen LogP contribution in [0.4, 0.5) is 0 Å². The Morgan fingerprint density at radius 1 is 1.64 bits per heavy atom. The normalized spacial score (nSPS) is 13.5. The minimum atomic E-state index is 0.278. The van der Waals surface area contributed by atoms with E-state index in [0.717, 1.165) is 13.0 Å². The summed E-state index contributed by atoms with van der Waals surface area (Å²) in [4.78, 5) is 2.22. The summed E-state index contributed by atoms with van der Waals surface area (Å²) < 4.78 is 0. The first-order valence-electron chi connectivity index (χ1n) is 4.11. The zero-order chi connectivity index (χ0) is 8.85. The molecule has 0 aromatic rings. The number of nitrogens with zero attached hydrogens (tertiary/aromatic N) is 1. The van der Waals surface area contributed by atoms with Gasteiger partial charge in [-0.05, 0) is 26.9 Å². The Balaban J connectivity index is 3.63. The summed E-state index contributed by atoms with van der Waals surface area (Å²) in [5.74, 6) is 0.278. The van der Waals surface area contributed by atoms with Crippen molar-refractivity contribution in [1.29, 1.82) is 5.41 Å². The molecular weight excluding hydrogens is 138 g/mol. The Morgan fingerprint density at radius 2 is 2.18 bits per heavy atom. The van der Waals surface area contributed by atoms with E-state index in [1.54, 1.807) is 0 Å². The maximum Gasteiger partial charge on any atom is 0.0920 e. The van der Waals surface area contributed by atoms with Crippen molar-refractivity contribution in [3.05, 3.63) is 0 Å². The molecule has 0 bridgehead atoms. The van der Waals surface area contributed by atoms with E-state index < -0.39 is 0 Å². The second kappa shape index (κ2) is 5.13. The van der Waals surface area contributed by atoms with Crippen molar-refractivity contribution < 1.29 is 0 Å². The molecule has 0 aromatic heterocycles. The van der Waals surface area contributed by atoms with Gasteiger partial charge in [0.25, 0.3) is 0 Å². The minimum Gasteiger partial charge on any atom is -0.388 e. The van der Waals surface area contributed by atoms with Gasteiger partial charge in [-0.15, -0.1) is 0 Å². The molecule has 0 amide bonds. The highest BCUT2D eigenvalue weighted by Crippen LogP contribution is 2.00. The Kier molecular flexibility index (Phi) is 4.86. The number of hydrogen-bond acceptors (Lipinski definition) is 2. The SMILES string of the molecule is CCCN(C)C(C)CC(=N)N. The van der Waals surface area contributed by atoms with Gasteiger partial charge < -0.3 is 10.6 Å². The number of rotatable bonds is 5. The molecule has 0 aliphatic rings. The van der Waals surface area contributed by atoms with E-state index in [1.807, 2.05) is 0 Å². The zero-order valence-corrected chi connectivity index (χ0v) is 7.72. The molecule has 0 aromatic carbocycles. The number of amidine groups is 1. The molecular formula is C8H19N3. The lowest BCUT2D eigenvalue weighted by molar-refractivity contribution is 0.263. The van der Waals surface area contributed by atoms with Gasteiger partial charge in [-0.3, -0.25) is 5.41 Å². The van der Waals surface area contributed by atoms with E-state index in [2.05, 4.69) is 25.8 Å². The minimum absolute atomic E-state index is 0.278. The average Bonchev–Trinajstić information content (AvgIpc) is 1.86. The summed E-state index contributed by atoms with van der Waals surface area (Å²) in [5, 5.41) is 7.10. The van der Waals surface area contributed by atoms with Crippen molar-refractivity contribution >= 4 is 5.84 Å². The van der Waals surface area contributed by atoms with E-state index in [1.165, 1.54) is 0 Å². The number of nitrogens with one attached hydrogen (secondary N) is 1. The molecule has 11 heavy (non-hydrogen) atoms. The van der Waals surface area contributed by atoms with Crippen LogP contribution in [0.2, 0.25) is 0 Å². The van der Waals surface area contributed by atoms with Gasteiger partial charge in [0, 0.05) is 12.5 Å². The molecule has 0 radical (unpaired) electrons. The summed E-state index contributed by atoms with van der Waals surface area (Å²) in [6.07, 6.45) is 1.83. The molecule has 0 fully saturated rings. The van der Waals surface area contributed by atoms with E-state index >= 15 is 0 Å². The van der Waals surface area contributed by atoms with Gasteiger partial charge in [0.15, 0.2) is 0 Å². The van der Waals surface area contributed by atoms with Crippen LogP contribution in [0.25, 0.3) is 0 Å². The monoisotopic (exact) mass is 157 g/mol. The third-order valence-corrected chi connectivity index (χ3v) is 1.84. The molecule has 0 saturated carbocycles. The van der Waals surface area contributed by atoms with Crippen molar-refractivity contribution in [3.8, 4) is 0 Å². The lowest BCUT2D eigenvalue weighted by atomic mass is 10.2. The summed E-state index contributed by atoms with van der Waals surface area (Å²) in [7, 11) is 2.07. The fourth-order valence-electron chi connectivity index (χ4n) is 1.05. The summed E-state index contributed by atoms with van der Waals surface area (Å²) in [6.45, 7) is 5.32. The predicted octanol–water partition coefficient (Wildman–Crippen LogP) is 1.04. The van der Waals surface area contributed by atoms with Crippen LogP contribution in [0, 0.1) is 5.41 Å². The highest BCUT2D eigenvalue weighted by molar-refractivity contribution is 5.77. The van der Waals surface area contributed by atoms with E-state index in [9.17, 15) is 0 Å². The van der Waals surface area contributed by atoms with E-state index in [4.69, 9.17) is 11.1 Å². The van der Waals surface area contributed by atoms with Crippen molar-refractivity contribution in [1.82, 2.24) is 4.90 Å². The van der Waals surface area contributed by atoms with Gasteiger partial charge in [0.1, 0.15) is 0 Å². The highest BCUT2D eigenvalue weighted by Gasteiger charge is 2.08. The molecule has 0 aliphatic heterocycles. The molecule has 0 spiro atoms. The third-order valence-electron chi connectivity index (χ3n) is 1.84. The zero-order valence-electron chi connectivity index (χ0n) is 7.72. The molecule has 1 atom stereocenters. The summed E-state index contributed by atoms with van der Waals surface area (Å²) in [5.41, 5.74) is 5.28. The largest absolute Gasteiger partial charge is 0.388 e. The second-order valence-electron chi connectivity index (χ2n) is 3.06. The fraction of sp³-hybridized carbons (Fsp3) is 0.875. The molecule has 3 heteroatoms. The Morgan fingerprint density at radius 3 is 2.55 bits per heavy atom. The van der Waals surface area contributed by atoms with Crippen LogP contribution >= 0.6 is 0 Å². The summed E-state index contributed by atoms with van der Waals surface area (Å²) >= 11 is 0. The maximum absolute atomic E-state index is 7.10. The quantitative estimate of drug-likeness (QED) is 0.463. The predicted molar refractivity (Wildman–Crippen MR) is 48.9 cm³/mol. The van der Waals surface area contributed by atoms with Crippen molar-refractivity contribution in [3.63, 3.8) is 0 Å². The molecule has 0 rings (SSSR count). The topological polar surface area (TPSA) is 53.1 Å². The number of nitrogens with two attached hydrogens (primary N) is 1. The lowest BCUT2D eigenvalue weighted by Crippen LogP contribution is -2.33. The standard InChI is InChI=1S/C8H19N3/c1-4-5-11(3)7(2)6-8(9)10/h7H,4-6H2,1-3H3,(H3,9,10). The molecule has 3 nitrogen and oxygen atoms in total. The van der Waals surface area contributed by atoms with Gasteiger partial charge in [-0.1, -0.05) is 6.92 Å². The molecule has 0 aliphatic carbocycles. The van der Waals surface area contributed by atoms with Crippen LogP contribution in [0.1, 0.15) is 26.7 Å². The molecule has 1 unspecified atom stereocenters. The first kappa shape index (κ1) is 10.4. The van der Waals surface area contributed by atoms with Crippen LogP contribution in [-0.2, 0) is 0 Å². The number of hydrogen-bond donors (Lipinski definition) is 2. The van der Waals surface area contributed by atoms with E-state index in [0.29, 0.717) is 12.5 Å². The third kappa shape index (κ3) is 4.79. The van der Waals surface area contributed by atoms with Crippen molar-refractivity contribution in [2.24, 2.45) is 5.73 Å². The van der Waals surface area contributed by atoms with Gasteiger partial charge in [0.05, 0.1) is 5.84 Å². The second-order valence-corrected chi connectivity index (χ2v) is 3.06. The summed E-state index contributed by atoms with van der Waals surface area (Å²) in [6, 6.07) is 0.396. The highest BCUT2D eigenvalue weighted by atomic mass is 15.1. The lowest BCUT2D eigenvalue weighted by Gasteiger charge is -2.23. The Hall–Kier alpha value is -0.570. The average molecular weight is 157 g/mol. The Bertz CT molecular complexity index is 123. The van der Waals surface area contributed by atoms with Gasteiger partial charge >= 0.3 is 0 Å². The molecule has 0 heterocycles. The van der Waals surface area contributed by atoms with Crippen LogP contribution in [-0.4, -0.2) is 30.4 Å². The first-order valence-corrected chi connectivity index (χ1v) is 4.11. The van der Waals surface area contributed by atoms with Crippen molar-refractivity contribution in [2.75, 3.05) is 13.6 Å². The van der Waals surface area contributed by atoms with Crippen LogP contribution < -0.4 is 5.73 Å². The Labute approximate surface area is 69.1 Å². The molecule has 66 valence electrons. The maximum atomic E-state index is 7.10. The smallest absolute Gasteiger partial charge is 0.0920 e. The van der Waals surface area contributed by atoms with Gasteiger partial charge in [-0.25, -0.2) is 0 Å². The van der Waals surface area contributed by atoms with Crippen LogP contribution in [0.3, 0.4) is 0 Å². The van der Waals surface area contributed by atoms with Crippen molar-refractivity contribution in [2.45, 2.75) is 32.7 Å². The van der Waals surface area contributed by atoms with Crippen LogP contribution in [0.15, 0.2) is 0 Å². The molecule has 3 N–H and O–H groups in total. The fourth-order valence-corrected chi connectivity index (χ4v) is 1.05. The molecule has 0 saturated heterocycles. The van der Waals surface area contributed by atoms with Gasteiger partial charge in [-0.2, -0.15) is 0 Å². The van der Waals surface area contributed by atoms with Crippen LogP contribution in [0.5, 0.6) is 0 Å². The first-order chi connectivity index (χ1) is 5.07.